The van der Waals surface area contributed by atoms with Gasteiger partial charge in [-0.1, -0.05) is 29.8 Å². The third kappa shape index (κ3) is 3.77. The first-order chi connectivity index (χ1) is 12.1. The molecule has 0 aromatic heterocycles. The van der Waals surface area contributed by atoms with Gasteiger partial charge >= 0.3 is 0 Å². The van der Waals surface area contributed by atoms with E-state index in [1.54, 1.807) is 0 Å². The Labute approximate surface area is 150 Å². The lowest BCUT2D eigenvalue weighted by molar-refractivity contribution is 0.0846. The van der Waals surface area contributed by atoms with Crippen LogP contribution in [-0.2, 0) is 4.74 Å². The van der Waals surface area contributed by atoms with E-state index >= 15 is 0 Å². The summed E-state index contributed by atoms with van der Waals surface area (Å²) < 4.78 is 5.53. The van der Waals surface area contributed by atoms with Gasteiger partial charge in [-0.15, -0.1) is 0 Å². The quantitative estimate of drug-likeness (QED) is 0.735. The standard InChI is InChI=1S/C22H27NO2/c1-4-23(21-9-11-25-12-10-21)22-14-19(13-20(15-24)17(22)3)18-7-5-16(2)6-8-18/h5-8,13-15,21H,4,9-12H2,1-3H3. The molecule has 2 aromatic carbocycles. The number of hydrogen-bond donors (Lipinski definition) is 0. The number of rotatable bonds is 5. The smallest absolute Gasteiger partial charge is 0.150 e. The molecule has 3 nitrogen and oxygen atoms in total. The Morgan fingerprint density at radius 1 is 1.08 bits per heavy atom. The minimum Gasteiger partial charge on any atom is -0.381 e. The highest BCUT2D eigenvalue weighted by Crippen LogP contribution is 2.33. The third-order valence-electron chi connectivity index (χ3n) is 5.21. The van der Waals surface area contributed by atoms with Gasteiger partial charge in [0.15, 0.2) is 0 Å². The van der Waals surface area contributed by atoms with Crippen molar-refractivity contribution in [2.24, 2.45) is 0 Å². The van der Waals surface area contributed by atoms with Crippen LogP contribution in [0.2, 0.25) is 0 Å². The van der Waals surface area contributed by atoms with Gasteiger partial charge in [-0.25, -0.2) is 0 Å². The zero-order valence-electron chi connectivity index (χ0n) is 15.4. The van der Waals surface area contributed by atoms with Gasteiger partial charge < -0.3 is 9.64 Å². The number of nitrogens with zero attached hydrogens (tertiary/aromatic N) is 1. The molecule has 2 aromatic rings. The molecule has 1 aliphatic heterocycles. The molecule has 1 aliphatic rings. The van der Waals surface area contributed by atoms with E-state index in [2.05, 4.69) is 56.0 Å². The molecule has 132 valence electrons. The molecule has 0 saturated carbocycles. The van der Waals surface area contributed by atoms with Crippen LogP contribution < -0.4 is 4.90 Å². The molecular formula is C22H27NO2. The zero-order valence-corrected chi connectivity index (χ0v) is 15.4. The third-order valence-corrected chi connectivity index (χ3v) is 5.21. The van der Waals surface area contributed by atoms with E-state index < -0.39 is 0 Å². The summed E-state index contributed by atoms with van der Waals surface area (Å²) in [5, 5.41) is 0. The van der Waals surface area contributed by atoms with E-state index in [0.29, 0.717) is 6.04 Å². The molecule has 1 heterocycles. The number of carbonyl (C=O) groups is 1. The van der Waals surface area contributed by atoms with Gasteiger partial charge in [0.2, 0.25) is 0 Å². The normalized spacial score (nSPS) is 15.2. The molecule has 0 spiro atoms. The number of aryl methyl sites for hydroxylation is 1. The van der Waals surface area contributed by atoms with Gasteiger partial charge in [-0.2, -0.15) is 0 Å². The maximum Gasteiger partial charge on any atom is 0.150 e. The summed E-state index contributed by atoms with van der Waals surface area (Å²) in [6, 6.07) is 13.2. The topological polar surface area (TPSA) is 29.5 Å². The van der Waals surface area contributed by atoms with Crippen LogP contribution in [0.15, 0.2) is 36.4 Å². The maximum atomic E-state index is 11.7. The van der Waals surface area contributed by atoms with Crippen LogP contribution >= 0.6 is 0 Å². The summed E-state index contributed by atoms with van der Waals surface area (Å²) in [6.45, 7) is 8.90. The molecule has 1 saturated heterocycles. The van der Waals surface area contributed by atoms with E-state index in [0.717, 1.165) is 61.1 Å². The van der Waals surface area contributed by atoms with Crippen LogP contribution in [0, 0.1) is 13.8 Å². The highest BCUT2D eigenvalue weighted by atomic mass is 16.5. The van der Waals surface area contributed by atoms with Gasteiger partial charge in [0.25, 0.3) is 0 Å². The van der Waals surface area contributed by atoms with Crippen LogP contribution in [-0.4, -0.2) is 32.1 Å². The molecule has 0 amide bonds. The SMILES string of the molecule is CCN(c1cc(-c2ccc(C)cc2)cc(C=O)c1C)C1CCOCC1. The van der Waals surface area contributed by atoms with E-state index in [9.17, 15) is 4.79 Å². The summed E-state index contributed by atoms with van der Waals surface area (Å²) in [5.41, 5.74) is 6.52. The molecule has 0 radical (unpaired) electrons. The Morgan fingerprint density at radius 2 is 1.76 bits per heavy atom. The second-order valence-corrected chi connectivity index (χ2v) is 6.82. The number of carbonyl (C=O) groups excluding carboxylic acids is 1. The Morgan fingerprint density at radius 3 is 2.36 bits per heavy atom. The lowest BCUT2D eigenvalue weighted by Gasteiger charge is -2.36. The number of hydrogen-bond acceptors (Lipinski definition) is 3. The maximum absolute atomic E-state index is 11.7. The summed E-state index contributed by atoms with van der Waals surface area (Å²) in [4.78, 5) is 14.1. The summed E-state index contributed by atoms with van der Waals surface area (Å²) in [6.07, 6.45) is 3.06. The number of ether oxygens (including phenoxy) is 1. The molecule has 0 N–H and O–H groups in total. The fraction of sp³-hybridized carbons (Fsp3) is 0.409. The molecule has 25 heavy (non-hydrogen) atoms. The number of benzene rings is 2. The van der Waals surface area contributed by atoms with Crippen LogP contribution in [0.25, 0.3) is 11.1 Å². The van der Waals surface area contributed by atoms with Gasteiger partial charge in [-0.3, -0.25) is 4.79 Å². The average molecular weight is 337 g/mol. The molecule has 0 bridgehead atoms. The van der Waals surface area contributed by atoms with Crippen molar-refractivity contribution in [1.82, 2.24) is 0 Å². The van der Waals surface area contributed by atoms with Gasteiger partial charge in [0.1, 0.15) is 6.29 Å². The largest absolute Gasteiger partial charge is 0.381 e. The van der Waals surface area contributed by atoms with Crippen molar-refractivity contribution in [2.75, 3.05) is 24.7 Å². The lowest BCUT2D eigenvalue weighted by atomic mass is 9.96. The Kier molecular flexibility index (Phi) is 5.54. The minimum atomic E-state index is 0.477. The molecule has 3 rings (SSSR count). The molecule has 0 aliphatic carbocycles. The highest BCUT2D eigenvalue weighted by molar-refractivity contribution is 5.85. The van der Waals surface area contributed by atoms with E-state index in [-0.39, 0.29) is 0 Å². The second kappa shape index (κ2) is 7.83. The predicted octanol–water partition coefficient (Wildman–Crippen LogP) is 4.79. The van der Waals surface area contributed by atoms with Gasteiger partial charge in [-0.05, 0) is 62.4 Å². The Hall–Kier alpha value is -2.13. The first-order valence-corrected chi connectivity index (χ1v) is 9.15. The molecule has 3 heteroatoms. The molecule has 0 unspecified atom stereocenters. The minimum absolute atomic E-state index is 0.477. The first-order valence-electron chi connectivity index (χ1n) is 9.15. The van der Waals surface area contributed by atoms with E-state index in [1.165, 1.54) is 11.3 Å². The van der Waals surface area contributed by atoms with Gasteiger partial charge in [0.05, 0.1) is 0 Å². The number of anilines is 1. The fourth-order valence-corrected chi connectivity index (χ4v) is 3.68. The lowest BCUT2D eigenvalue weighted by Crippen LogP contribution is -2.40. The average Bonchev–Trinajstić information content (AvgIpc) is 2.65. The predicted molar refractivity (Wildman–Crippen MR) is 104 cm³/mol. The van der Waals surface area contributed by atoms with Crippen LogP contribution in [0.4, 0.5) is 5.69 Å². The summed E-state index contributed by atoms with van der Waals surface area (Å²) in [5.74, 6) is 0. The van der Waals surface area contributed by atoms with Crippen molar-refractivity contribution in [3.8, 4) is 11.1 Å². The van der Waals surface area contributed by atoms with Crippen molar-refractivity contribution in [1.29, 1.82) is 0 Å². The van der Waals surface area contributed by atoms with Crippen LogP contribution in [0.1, 0.15) is 41.3 Å². The van der Waals surface area contributed by atoms with Crippen molar-refractivity contribution < 1.29 is 9.53 Å². The molecular weight excluding hydrogens is 310 g/mol. The van der Waals surface area contributed by atoms with E-state index in [4.69, 9.17) is 4.74 Å². The monoisotopic (exact) mass is 337 g/mol. The van der Waals surface area contributed by atoms with Crippen molar-refractivity contribution in [3.63, 3.8) is 0 Å². The number of aldehydes is 1. The fourth-order valence-electron chi connectivity index (χ4n) is 3.68. The summed E-state index contributed by atoms with van der Waals surface area (Å²) >= 11 is 0. The van der Waals surface area contributed by atoms with Crippen LogP contribution in [0.3, 0.4) is 0 Å². The highest BCUT2D eigenvalue weighted by Gasteiger charge is 2.23. The second-order valence-electron chi connectivity index (χ2n) is 6.82. The van der Waals surface area contributed by atoms with Gasteiger partial charge in [0, 0.05) is 37.1 Å². The molecule has 1 fully saturated rings. The first kappa shape index (κ1) is 17.7. The zero-order chi connectivity index (χ0) is 17.8. The van der Waals surface area contributed by atoms with E-state index in [1.807, 2.05) is 6.07 Å². The Bertz CT molecular complexity index is 730. The summed E-state index contributed by atoms with van der Waals surface area (Å²) in [7, 11) is 0. The Balaban J connectivity index is 2.06. The van der Waals surface area contributed by atoms with Crippen molar-refractivity contribution in [3.05, 3.63) is 53.1 Å². The molecule has 0 atom stereocenters. The van der Waals surface area contributed by atoms with Crippen molar-refractivity contribution >= 4 is 12.0 Å². The van der Waals surface area contributed by atoms with Crippen molar-refractivity contribution in [2.45, 2.75) is 39.7 Å². The van der Waals surface area contributed by atoms with Crippen LogP contribution in [0.5, 0.6) is 0 Å².